The molecule has 2 aromatic rings. The number of esters is 1. The third kappa shape index (κ3) is 3.85. The number of benzene rings is 1. The molecule has 1 atom stereocenters. The average molecular weight is 509 g/mol. The third-order valence-electron chi connectivity index (χ3n) is 2.88. The van der Waals surface area contributed by atoms with E-state index in [1.165, 1.54) is 0 Å². The Labute approximate surface area is 149 Å². The predicted molar refractivity (Wildman–Crippen MR) is 97.4 cm³/mol. The van der Waals surface area contributed by atoms with Gasteiger partial charge in [0.25, 0.3) is 0 Å². The molecule has 0 aliphatic heterocycles. The van der Waals surface area contributed by atoms with Crippen molar-refractivity contribution in [3.8, 4) is 0 Å². The molecule has 0 saturated carbocycles. The van der Waals surface area contributed by atoms with E-state index in [0.29, 0.717) is 13.7 Å². The van der Waals surface area contributed by atoms with Crippen LogP contribution in [-0.2, 0) is 9.53 Å². The molecule has 0 amide bonds. The maximum absolute atomic E-state index is 12.3. The summed E-state index contributed by atoms with van der Waals surface area (Å²) in [7, 11) is 0. The zero-order chi connectivity index (χ0) is 15.4. The van der Waals surface area contributed by atoms with Crippen LogP contribution in [0.1, 0.15) is 18.5 Å². The number of nitrogens with zero attached hydrogens (tertiary/aromatic N) is 1. The van der Waals surface area contributed by atoms with Crippen molar-refractivity contribution >= 4 is 51.2 Å². The highest BCUT2D eigenvalue weighted by Crippen LogP contribution is 2.21. The van der Waals surface area contributed by atoms with Gasteiger partial charge in [0.05, 0.1) is 13.7 Å². The Morgan fingerprint density at radius 1 is 1.19 bits per heavy atom. The van der Waals surface area contributed by atoms with Gasteiger partial charge in [-0.25, -0.2) is 4.79 Å². The first-order chi connectivity index (χ1) is 10.0. The molecule has 0 spiro atoms. The van der Waals surface area contributed by atoms with E-state index in [9.17, 15) is 9.59 Å². The highest BCUT2D eigenvalue weighted by atomic mass is 127. The number of halogens is 2. The van der Waals surface area contributed by atoms with Gasteiger partial charge in [-0.05, 0) is 57.7 Å². The molecule has 0 saturated heterocycles. The minimum atomic E-state index is -0.589. The molecular weight excluding hydrogens is 496 g/mol. The van der Waals surface area contributed by atoms with Gasteiger partial charge in [0.2, 0.25) is 5.43 Å². The van der Waals surface area contributed by atoms with Crippen LogP contribution in [0.15, 0.2) is 47.5 Å². The van der Waals surface area contributed by atoms with Crippen molar-refractivity contribution in [1.29, 1.82) is 0 Å². The number of hydrogen-bond acceptors (Lipinski definition) is 3. The second kappa shape index (κ2) is 7.39. The van der Waals surface area contributed by atoms with E-state index in [-0.39, 0.29) is 11.4 Å². The lowest BCUT2D eigenvalue weighted by atomic mass is 10.1. The highest BCUT2D eigenvalue weighted by Gasteiger charge is 2.24. The minimum absolute atomic E-state index is 0.0249. The number of pyridine rings is 1. The number of aromatic nitrogens is 1. The Balaban J connectivity index is 2.55. The molecule has 1 aromatic carbocycles. The Morgan fingerprint density at radius 2 is 1.76 bits per heavy atom. The van der Waals surface area contributed by atoms with E-state index in [1.807, 2.05) is 75.5 Å². The molecule has 2 rings (SSSR count). The van der Waals surface area contributed by atoms with Gasteiger partial charge < -0.3 is 9.30 Å². The fourth-order valence-electron chi connectivity index (χ4n) is 1.97. The Hall–Kier alpha value is -0.900. The van der Waals surface area contributed by atoms with E-state index in [0.717, 1.165) is 5.56 Å². The molecule has 0 fully saturated rings. The normalized spacial score (nSPS) is 12.0. The van der Waals surface area contributed by atoms with E-state index < -0.39 is 6.04 Å². The molecule has 0 aliphatic rings. The summed E-state index contributed by atoms with van der Waals surface area (Å²) in [6.45, 7) is 2.09. The summed E-state index contributed by atoms with van der Waals surface area (Å²) in [6.07, 6.45) is 3.36. The smallest absolute Gasteiger partial charge is 0.333 e. The third-order valence-corrected chi connectivity index (χ3v) is 4.42. The lowest BCUT2D eigenvalue weighted by Crippen LogP contribution is -2.25. The van der Waals surface area contributed by atoms with Crippen molar-refractivity contribution in [1.82, 2.24) is 4.57 Å². The maximum Gasteiger partial charge on any atom is 0.333 e. The number of hydrogen-bond donors (Lipinski definition) is 0. The van der Waals surface area contributed by atoms with Crippen LogP contribution >= 0.6 is 45.2 Å². The summed E-state index contributed by atoms with van der Waals surface area (Å²) in [6, 6.07) is 8.80. The zero-order valence-corrected chi connectivity index (χ0v) is 15.6. The van der Waals surface area contributed by atoms with Crippen LogP contribution in [0.5, 0.6) is 0 Å². The molecule has 1 aromatic heterocycles. The molecule has 6 heteroatoms. The topological polar surface area (TPSA) is 48.3 Å². The van der Waals surface area contributed by atoms with Crippen molar-refractivity contribution in [2.24, 2.45) is 0 Å². The van der Waals surface area contributed by atoms with Crippen LogP contribution in [0, 0.1) is 7.14 Å². The van der Waals surface area contributed by atoms with Gasteiger partial charge in [-0.3, -0.25) is 4.79 Å². The summed E-state index contributed by atoms with van der Waals surface area (Å²) < 4.78 is 8.06. The lowest BCUT2D eigenvalue weighted by molar-refractivity contribution is -0.145. The monoisotopic (exact) mass is 509 g/mol. The van der Waals surface area contributed by atoms with Gasteiger partial charge in [-0.2, -0.15) is 0 Å². The van der Waals surface area contributed by atoms with Crippen molar-refractivity contribution in [3.63, 3.8) is 0 Å². The van der Waals surface area contributed by atoms with Gasteiger partial charge >= 0.3 is 5.97 Å². The maximum atomic E-state index is 12.3. The molecule has 0 bridgehead atoms. The summed E-state index contributed by atoms with van der Waals surface area (Å²) in [5.74, 6) is -0.334. The fraction of sp³-hybridized carbons (Fsp3) is 0.200. The Bertz CT molecular complexity index is 672. The Morgan fingerprint density at radius 3 is 2.29 bits per heavy atom. The van der Waals surface area contributed by atoms with Gasteiger partial charge in [0.15, 0.2) is 6.04 Å². The van der Waals surface area contributed by atoms with Gasteiger partial charge in [0, 0.05) is 12.4 Å². The van der Waals surface area contributed by atoms with E-state index >= 15 is 0 Å². The molecule has 4 nitrogen and oxygen atoms in total. The standard InChI is InChI=1S/C15H13I2NO3/c1-2-21-15(20)13(10-6-4-3-5-7-10)18-8-11(16)14(19)12(17)9-18/h3-9,13H,2H2,1H3/t13-/m1/s1. The molecular formula is C15H13I2NO3. The highest BCUT2D eigenvalue weighted by molar-refractivity contribution is 14.1. The van der Waals surface area contributed by atoms with Crippen LogP contribution in [0.3, 0.4) is 0 Å². The number of ether oxygens (including phenoxy) is 1. The van der Waals surface area contributed by atoms with Gasteiger partial charge in [-0.1, -0.05) is 30.3 Å². The first-order valence-corrected chi connectivity index (χ1v) is 8.48. The summed E-state index contributed by atoms with van der Waals surface area (Å²) in [5.41, 5.74) is 0.800. The van der Waals surface area contributed by atoms with Crippen LogP contribution in [0.4, 0.5) is 0 Å². The van der Waals surface area contributed by atoms with Crippen molar-refractivity contribution in [2.45, 2.75) is 13.0 Å². The van der Waals surface area contributed by atoms with E-state index in [2.05, 4.69) is 0 Å². The Kier molecular flexibility index (Phi) is 5.80. The van der Waals surface area contributed by atoms with Crippen LogP contribution < -0.4 is 5.43 Å². The largest absolute Gasteiger partial charge is 0.464 e. The predicted octanol–water partition coefficient (Wildman–Crippen LogP) is 3.21. The second-order valence-electron chi connectivity index (χ2n) is 4.30. The molecule has 110 valence electrons. The average Bonchev–Trinajstić information content (AvgIpc) is 2.46. The first kappa shape index (κ1) is 16.5. The second-order valence-corrected chi connectivity index (χ2v) is 6.62. The quantitative estimate of drug-likeness (QED) is 0.470. The fourth-order valence-corrected chi connectivity index (χ4v) is 3.71. The summed E-state index contributed by atoms with van der Waals surface area (Å²) in [4.78, 5) is 24.2. The van der Waals surface area contributed by atoms with Crippen LogP contribution in [0.2, 0.25) is 0 Å². The minimum Gasteiger partial charge on any atom is -0.464 e. The molecule has 0 N–H and O–H groups in total. The number of carbonyl (C=O) groups is 1. The summed E-state index contributed by atoms with van der Waals surface area (Å²) in [5, 5.41) is 0. The zero-order valence-electron chi connectivity index (χ0n) is 11.3. The van der Waals surface area contributed by atoms with E-state index in [1.54, 1.807) is 23.9 Å². The first-order valence-electron chi connectivity index (χ1n) is 6.33. The van der Waals surface area contributed by atoms with E-state index in [4.69, 9.17) is 4.74 Å². The summed E-state index contributed by atoms with van der Waals surface area (Å²) >= 11 is 3.97. The lowest BCUT2D eigenvalue weighted by Gasteiger charge is -2.20. The van der Waals surface area contributed by atoms with Gasteiger partial charge in [-0.15, -0.1) is 0 Å². The van der Waals surface area contributed by atoms with Crippen LogP contribution in [0.25, 0.3) is 0 Å². The number of carbonyl (C=O) groups excluding carboxylic acids is 1. The molecule has 1 heterocycles. The van der Waals surface area contributed by atoms with Crippen molar-refractivity contribution in [3.05, 3.63) is 65.7 Å². The van der Waals surface area contributed by atoms with Crippen LogP contribution in [-0.4, -0.2) is 17.1 Å². The SMILES string of the molecule is CCOC(=O)[C@@H](c1ccccc1)n1cc(I)c(=O)c(I)c1. The van der Waals surface area contributed by atoms with Crippen molar-refractivity contribution in [2.75, 3.05) is 6.61 Å². The molecule has 21 heavy (non-hydrogen) atoms. The molecule has 0 aliphatic carbocycles. The number of rotatable bonds is 4. The molecule has 0 radical (unpaired) electrons. The van der Waals surface area contributed by atoms with Gasteiger partial charge in [0.1, 0.15) is 0 Å². The molecule has 0 unspecified atom stereocenters. The van der Waals surface area contributed by atoms with Crippen molar-refractivity contribution < 1.29 is 9.53 Å².